The topological polar surface area (TPSA) is 92.0 Å². The van der Waals surface area contributed by atoms with Crippen molar-refractivity contribution >= 4 is 17.6 Å². The number of fused-ring (bicyclic) bond motifs is 10. The molecule has 7 heteroatoms. The highest BCUT2D eigenvalue weighted by Crippen LogP contribution is 2.40. The molecule has 42 heavy (non-hydrogen) atoms. The third-order valence-electron chi connectivity index (χ3n) is 9.42. The number of methoxy groups -OCH3 is 1. The molecule has 2 aromatic carbocycles. The van der Waals surface area contributed by atoms with Gasteiger partial charge in [-0.1, -0.05) is 24.3 Å². The molecule has 0 radical (unpaired) electrons. The lowest BCUT2D eigenvalue weighted by Crippen LogP contribution is -2.21. The summed E-state index contributed by atoms with van der Waals surface area (Å²) < 4.78 is 4.79. The van der Waals surface area contributed by atoms with Crippen molar-refractivity contribution in [1.29, 1.82) is 0 Å². The lowest BCUT2D eigenvalue weighted by molar-refractivity contribution is 0.0600. The van der Waals surface area contributed by atoms with E-state index < -0.39 is 0 Å². The molecule has 0 bridgehead atoms. The van der Waals surface area contributed by atoms with Crippen molar-refractivity contribution in [2.75, 3.05) is 7.11 Å². The van der Waals surface area contributed by atoms with E-state index in [9.17, 15) is 14.4 Å². The maximum Gasteiger partial charge on any atom is 0.337 e. The molecule has 214 valence electrons. The molecule has 2 heterocycles. The van der Waals surface area contributed by atoms with Crippen LogP contribution < -0.4 is 11.1 Å². The maximum atomic E-state index is 12.3. The predicted molar refractivity (Wildman–Crippen MR) is 165 cm³/mol. The Hall–Kier alpha value is -3.90. The van der Waals surface area contributed by atoms with Gasteiger partial charge in [0.15, 0.2) is 0 Å². The molecule has 0 atom stereocenters. The van der Waals surface area contributed by atoms with Crippen molar-refractivity contribution < 1.29 is 9.53 Å². The van der Waals surface area contributed by atoms with E-state index in [0.29, 0.717) is 11.4 Å². The molecular weight excluding hydrogens is 548 g/mol. The van der Waals surface area contributed by atoms with Gasteiger partial charge in [0.05, 0.1) is 24.1 Å². The molecule has 0 unspecified atom stereocenters. The number of esters is 1. The SMILES string of the molecule is COC(=O)c1ccc2c(c1)Cc1c-2[nH]c(=O)c2c1CCCC2.O=c1[nH]c2c(c3c1CCCC3)Cc1cc(CCl)ccc1-2. The molecule has 0 fully saturated rings. The summed E-state index contributed by atoms with van der Waals surface area (Å²) in [5.41, 5.74) is 15.6. The van der Waals surface area contributed by atoms with Crippen LogP contribution in [0.4, 0.5) is 0 Å². The summed E-state index contributed by atoms with van der Waals surface area (Å²) in [5, 5.41) is 0. The standard InChI is InChI=1S/C18H17NO3.C17H16ClNO/c1-22-18(21)10-6-7-12-11(8-10)9-15-13-4-2-3-5-14(13)17(20)19-16(12)15;18-9-10-5-6-12-11(7-10)8-15-13-3-1-2-4-14(13)17(20)19-16(12)15/h6-8H,2-5,9H2,1H3,(H,19,20);5-7H,1-4,8-9H2,(H,19,20). The summed E-state index contributed by atoms with van der Waals surface area (Å²) in [5.74, 6) is 0.215. The Bertz CT molecular complexity index is 1880. The quantitative estimate of drug-likeness (QED) is 0.189. The summed E-state index contributed by atoms with van der Waals surface area (Å²) in [7, 11) is 1.39. The Morgan fingerprint density at radius 3 is 1.74 bits per heavy atom. The first-order chi connectivity index (χ1) is 20.5. The van der Waals surface area contributed by atoms with E-state index in [-0.39, 0.29) is 17.1 Å². The van der Waals surface area contributed by atoms with Crippen LogP contribution in [0.25, 0.3) is 22.5 Å². The Morgan fingerprint density at radius 1 is 0.714 bits per heavy atom. The fourth-order valence-electron chi connectivity index (χ4n) is 7.39. The molecule has 0 saturated heterocycles. The van der Waals surface area contributed by atoms with E-state index >= 15 is 0 Å². The highest BCUT2D eigenvalue weighted by atomic mass is 35.5. The Labute approximate surface area is 249 Å². The monoisotopic (exact) mass is 580 g/mol. The van der Waals surface area contributed by atoms with Crippen LogP contribution in [0.5, 0.6) is 0 Å². The fourth-order valence-corrected chi connectivity index (χ4v) is 7.55. The number of carbonyl (C=O) groups is 1. The van der Waals surface area contributed by atoms with Crippen LogP contribution in [0.1, 0.15) is 86.1 Å². The number of aromatic amines is 2. The first-order valence-electron chi connectivity index (χ1n) is 14.9. The van der Waals surface area contributed by atoms with E-state index in [2.05, 4.69) is 28.2 Å². The molecule has 8 rings (SSSR count). The average Bonchev–Trinajstić information content (AvgIpc) is 3.59. The third kappa shape index (κ3) is 4.44. The molecule has 6 nitrogen and oxygen atoms in total. The molecule has 4 aliphatic rings. The van der Waals surface area contributed by atoms with E-state index in [1.54, 1.807) is 6.07 Å². The molecule has 4 aliphatic carbocycles. The number of hydrogen-bond acceptors (Lipinski definition) is 4. The number of pyridine rings is 2. The van der Waals surface area contributed by atoms with Crippen molar-refractivity contribution in [3.8, 4) is 22.5 Å². The average molecular weight is 581 g/mol. The van der Waals surface area contributed by atoms with Gasteiger partial charge in [0.1, 0.15) is 0 Å². The summed E-state index contributed by atoms with van der Waals surface area (Å²) in [6, 6.07) is 11.9. The van der Waals surface area contributed by atoms with Gasteiger partial charge in [0, 0.05) is 41.0 Å². The first kappa shape index (κ1) is 27.0. The number of benzene rings is 2. The van der Waals surface area contributed by atoms with Crippen molar-refractivity contribution in [3.63, 3.8) is 0 Å². The minimum absolute atomic E-state index is 0.0540. The smallest absolute Gasteiger partial charge is 0.337 e. The number of aromatic nitrogens is 2. The zero-order chi connectivity index (χ0) is 29.0. The molecule has 0 spiro atoms. The lowest BCUT2D eigenvalue weighted by atomic mass is 9.88. The van der Waals surface area contributed by atoms with E-state index in [1.165, 1.54) is 46.9 Å². The Kier molecular flexibility index (Phi) is 6.89. The van der Waals surface area contributed by atoms with Gasteiger partial charge >= 0.3 is 5.97 Å². The van der Waals surface area contributed by atoms with Crippen LogP contribution in [-0.2, 0) is 49.1 Å². The lowest BCUT2D eigenvalue weighted by Gasteiger charge is -2.18. The highest BCUT2D eigenvalue weighted by Gasteiger charge is 2.28. The van der Waals surface area contributed by atoms with Gasteiger partial charge in [-0.3, -0.25) is 9.59 Å². The highest BCUT2D eigenvalue weighted by molar-refractivity contribution is 6.17. The number of carbonyl (C=O) groups excluding carboxylic acids is 1. The Morgan fingerprint density at radius 2 is 1.21 bits per heavy atom. The normalized spacial score (nSPS) is 15.3. The van der Waals surface area contributed by atoms with E-state index in [4.69, 9.17) is 16.3 Å². The van der Waals surface area contributed by atoms with Crippen molar-refractivity contribution in [2.24, 2.45) is 0 Å². The van der Waals surface area contributed by atoms with Crippen LogP contribution >= 0.6 is 11.6 Å². The summed E-state index contributed by atoms with van der Waals surface area (Å²) in [6.07, 6.45) is 10.1. The number of alkyl halides is 1. The second-order valence-corrected chi connectivity index (χ2v) is 12.1. The molecule has 0 amide bonds. The summed E-state index contributed by atoms with van der Waals surface area (Å²) in [4.78, 5) is 42.5. The molecule has 0 aliphatic heterocycles. The van der Waals surface area contributed by atoms with Gasteiger partial charge in [-0.25, -0.2) is 4.79 Å². The molecule has 2 N–H and O–H groups in total. The van der Waals surface area contributed by atoms with Gasteiger partial charge in [0.2, 0.25) is 0 Å². The van der Waals surface area contributed by atoms with E-state index in [1.807, 2.05) is 12.1 Å². The number of nitrogens with one attached hydrogen (secondary N) is 2. The second-order valence-electron chi connectivity index (χ2n) is 11.8. The number of halogens is 1. The largest absolute Gasteiger partial charge is 0.465 e. The van der Waals surface area contributed by atoms with Gasteiger partial charge in [-0.2, -0.15) is 0 Å². The van der Waals surface area contributed by atoms with Crippen LogP contribution in [0.3, 0.4) is 0 Å². The minimum Gasteiger partial charge on any atom is -0.465 e. The predicted octanol–water partition coefficient (Wildman–Crippen LogP) is 6.18. The van der Waals surface area contributed by atoms with Crippen molar-refractivity contribution in [1.82, 2.24) is 9.97 Å². The maximum absolute atomic E-state index is 12.3. The zero-order valence-electron chi connectivity index (χ0n) is 23.8. The van der Waals surface area contributed by atoms with Crippen molar-refractivity contribution in [2.45, 2.75) is 70.1 Å². The fraction of sp³-hybridized carbons (Fsp3) is 0.343. The molecule has 0 saturated carbocycles. The minimum atomic E-state index is -0.325. The van der Waals surface area contributed by atoms with Crippen LogP contribution in [0.2, 0.25) is 0 Å². The van der Waals surface area contributed by atoms with Crippen LogP contribution in [-0.4, -0.2) is 23.0 Å². The van der Waals surface area contributed by atoms with Gasteiger partial charge < -0.3 is 14.7 Å². The van der Waals surface area contributed by atoms with Gasteiger partial charge in [0.25, 0.3) is 11.1 Å². The van der Waals surface area contributed by atoms with Gasteiger partial charge in [-0.05, 0) is 102 Å². The molecule has 2 aromatic heterocycles. The van der Waals surface area contributed by atoms with Crippen LogP contribution in [0.15, 0.2) is 46.0 Å². The second kappa shape index (κ2) is 10.7. The number of hydrogen-bond donors (Lipinski definition) is 2. The van der Waals surface area contributed by atoms with Crippen molar-refractivity contribution in [3.05, 3.63) is 113 Å². The van der Waals surface area contributed by atoms with Gasteiger partial charge in [-0.15, -0.1) is 11.6 Å². The number of rotatable bonds is 2. The first-order valence-corrected chi connectivity index (χ1v) is 15.4. The number of H-pyrrole nitrogens is 2. The Balaban J connectivity index is 0.000000138. The molecule has 4 aromatic rings. The third-order valence-corrected chi connectivity index (χ3v) is 9.73. The number of ether oxygens (including phenoxy) is 1. The molecular formula is C35H33ClN2O4. The summed E-state index contributed by atoms with van der Waals surface area (Å²) in [6.45, 7) is 0. The summed E-state index contributed by atoms with van der Waals surface area (Å²) >= 11 is 5.92. The van der Waals surface area contributed by atoms with Crippen LogP contribution in [0, 0.1) is 0 Å². The zero-order valence-corrected chi connectivity index (χ0v) is 24.5. The van der Waals surface area contributed by atoms with E-state index in [0.717, 1.165) is 97.0 Å².